The van der Waals surface area contributed by atoms with Crippen LogP contribution in [0.25, 0.3) is 10.9 Å². The maximum atomic E-state index is 4.12. The van der Waals surface area contributed by atoms with Crippen LogP contribution in [0.15, 0.2) is 18.3 Å². The Morgan fingerprint density at radius 1 is 1.45 bits per heavy atom. The molecule has 2 rings (SSSR count). The summed E-state index contributed by atoms with van der Waals surface area (Å²) in [4.78, 5) is 0. The van der Waals surface area contributed by atoms with Crippen molar-refractivity contribution < 1.29 is 0 Å². The van der Waals surface area contributed by atoms with Crippen LogP contribution in [-0.2, 0) is 7.05 Å². The van der Waals surface area contributed by atoms with Gasteiger partial charge < -0.3 is 0 Å². The SMILES string of the molecule is Cc1[c]c2cnn(C)c2cc1. The topological polar surface area (TPSA) is 17.8 Å². The zero-order chi connectivity index (χ0) is 7.84. The molecule has 0 fully saturated rings. The van der Waals surface area contributed by atoms with E-state index < -0.39 is 0 Å². The van der Waals surface area contributed by atoms with Crippen molar-refractivity contribution in [2.75, 3.05) is 0 Å². The molecule has 1 radical (unpaired) electrons. The van der Waals surface area contributed by atoms with Crippen molar-refractivity contribution in [3.8, 4) is 0 Å². The number of rotatable bonds is 0. The van der Waals surface area contributed by atoms with Gasteiger partial charge in [-0.3, -0.25) is 4.68 Å². The molecule has 2 aromatic rings. The highest BCUT2D eigenvalue weighted by Crippen LogP contribution is 2.12. The minimum absolute atomic E-state index is 1.09. The number of hydrogen-bond donors (Lipinski definition) is 0. The van der Waals surface area contributed by atoms with Gasteiger partial charge in [0.15, 0.2) is 0 Å². The van der Waals surface area contributed by atoms with E-state index in [4.69, 9.17) is 0 Å². The third kappa shape index (κ3) is 0.909. The molecule has 0 aliphatic carbocycles. The molecule has 0 amide bonds. The van der Waals surface area contributed by atoms with Gasteiger partial charge in [-0.25, -0.2) is 0 Å². The van der Waals surface area contributed by atoms with E-state index in [-0.39, 0.29) is 0 Å². The Balaban J connectivity index is 2.86. The third-order valence-electron chi connectivity index (χ3n) is 1.81. The van der Waals surface area contributed by atoms with Crippen LogP contribution < -0.4 is 0 Å². The molecule has 1 aromatic carbocycles. The first-order chi connectivity index (χ1) is 5.27. The van der Waals surface area contributed by atoms with Gasteiger partial charge in [-0.05, 0) is 24.6 Å². The van der Waals surface area contributed by atoms with Crippen molar-refractivity contribution in [1.82, 2.24) is 9.78 Å². The monoisotopic (exact) mass is 145 g/mol. The number of fused-ring (bicyclic) bond motifs is 1. The van der Waals surface area contributed by atoms with Gasteiger partial charge in [-0.15, -0.1) is 0 Å². The quantitative estimate of drug-likeness (QED) is 0.551. The van der Waals surface area contributed by atoms with E-state index in [9.17, 15) is 0 Å². The first kappa shape index (κ1) is 6.40. The largest absolute Gasteiger partial charge is 0.268 e. The summed E-state index contributed by atoms with van der Waals surface area (Å²) < 4.78 is 1.85. The molecular formula is C9H9N2. The number of aromatic nitrogens is 2. The normalized spacial score (nSPS) is 10.7. The summed E-state index contributed by atoms with van der Waals surface area (Å²) in [5.41, 5.74) is 2.29. The predicted octanol–water partition coefficient (Wildman–Crippen LogP) is 1.68. The van der Waals surface area contributed by atoms with E-state index in [0.717, 1.165) is 16.5 Å². The van der Waals surface area contributed by atoms with Crippen LogP contribution in [0, 0.1) is 13.0 Å². The molecule has 0 spiro atoms. The molecule has 0 atom stereocenters. The van der Waals surface area contributed by atoms with E-state index in [2.05, 4.69) is 17.2 Å². The maximum Gasteiger partial charge on any atom is 0.0685 e. The van der Waals surface area contributed by atoms with Crippen LogP contribution in [-0.4, -0.2) is 9.78 Å². The molecule has 0 saturated heterocycles. The Hall–Kier alpha value is -1.31. The van der Waals surface area contributed by atoms with Crippen LogP contribution in [0.3, 0.4) is 0 Å². The molecule has 0 aliphatic heterocycles. The average molecular weight is 145 g/mol. The van der Waals surface area contributed by atoms with E-state index in [1.54, 1.807) is 0 Å². The predicted molar refractivity (Wildman–Crippen MR) is 44.3 cm³/mol. The lowest BCUT2D eigenvalue weighted by Gasteiger charge is -1.93. The average Bonchev–Trinajstić information content (AvgIpc) is 2.32. The Morgan fingerprint density at radius 3 is 3.09 bits per heavy atom. The molecule has 2 nitrogen and oxygen atoms in total. The van der Waals surface area contributed by atoms with Gasteiger partial charge in [0.25, 0.3) is 0 Å². The first-order valence-electron chi connectivity index (χ1n) is 3.58. The van der Waals surface area contributed by atoms with Crippen LogP contribution in [0.2, 0.25) is 0 Å². The molecule has 1 heterocycles. The molecular weight excluding hydrogens is 136 g/mol. The van der Waals surface area contributed by atoms with E-state index in [0.29, 0.717) is 0 Å². The van der Waals surface area contributed by atoms with Crippen molar-refractivity contribution in [2.45, 2.75) is 6.92 Å². The molecule has 55 valence electrons. The van der Waals surface area contributed by atoms with Crippen molar-refractivity contribution in [1.29, 1.82) is 0 Å². The summed E-state index contributed by atoms with van der Waals surface area (Å²) in [7, 11) is 1.94. The van der Waals surface area contributed by atoms with Crippen LogP contribution >= 0.6 is 0 Å². The van der Waals surface area contributed by atoms with Gasteiger partial charge >= 0.3 is 0 Å². The Bertz CT molecular complexity index is 387. The smallest absolute Gasteiger partial charge is 0.0685 e. The number of hydrogen-bond acceptors (Lipinski definition) is 1. The summed E-state index contributed by atoms with van der Waals surface area (Å²) >= 11 is 0. The molecule has 0 saturated carbocycles. The van der Waals surface area contributed by atoms with Gasteiger partial charge in [0, 0.05) is 12.4 Å². The van der Waals surface area contributed by atoms with Crippen molar-refractivity contribution in [3.63, 3.8) is 0 Å². The van der Waals surface area contributed by atoms with E-state index >= 15 is 0 Å². The lowest BCUT2D eigenvalue weighted by molar-refractivity contribution is 0.797. The summed E-state index contributed by atoms with van der Waals surface area (Å²) in [5.74, 6) is 0. The summed E-state index contributed by atoms with van der Waals surface area (Å²) in [5, 5.41) is 5.21. The minimum Gasteiger partial charge on any atom is -0.268 e. The molecule has 0 aliphatic rings. The Labute approximate surface area is 65.5 Å². The van der Waals surface area contributed by atoms with Crippen molar-refractivity contribution in [3.05, 3.63) is 30.0 Å². The van der Waals surface area contributed by atoms with Crippen LogP contribution in [0.4, 0.5) is 0 Å². The fourth-order valence-electron chi connectivity index (χ4n) is 1.20. The Kier molecular flexibility index (Phi) is 1.22. The van der Waals surface area contributed by atoms with E-state index in [1.165, 1.54) is 0 Å². The maximum absolute atomic E-state index is 4.12. The lowest BCUT2D eigenvalue weighted by atomic mass is 10.2. The summed E-state index contributed by atoms with van der Waals surface area (Å²) in [6, 6.07) is 7.34. The highest BCUT2D eigenvalue weighted by atomic mass is 15.2. The molecule has 0 N–H and O–H groups in total. The lowest BCUT2D eigenvalue weighted by Crippen LogP contribution is -1.87. The summed E-state index contributed by atoms with van der Waals surface area (Å²) in [6.45, 7) is 2.03. The van der Waals surface area contributed by atoms with Crippen LogP contribution in [0.5, 0.6) is 0 Å². The molecule has 0 bridgehead atoms. The van der Waals surface area contributed by atoms with Crippen molar-refractivity contribution >= 4 is 10.9 Å². The van der Waals surface area contributed by atoms with E-state index in [1.807, 2.05) is 30.9 Å². The molecule has 1 aromatic heterocycles. The third-order valence-corrected chi connectivity index (χ3v) is 1.81. The fraction of sp³-hybridized carbons (Fsp3) is 0.222. The number of aryl methyl sites for hydroxylation is 2. The van der Waals surface area contributed by atoms with Gasteiger partial charge in [-0.1, -0.05) is 6.07 Å². The molecule has 11 heavy (non-hydrogen) atoms. The standard InChI is InChI=1S/C9H9N2/c1-7-3-4-9-8(5-7)6-10-11(9)2/h3-4,6H,1-2H3. The van der Waals surface area contributed by atoms with Gasteiger partial charge in [0.2, 0.25) is 0 Å². The van der Waals surface area contributed by atoms with Crippen molar-refractivity contribution in [2.24, 2.45) is 7.05 Å². The zero-order valence-corrected chi connectivity index (χ0v) is 6.63. The highest BCUT2D eigenvalue weighted by Gasteiger charge is 1.97. The fourth-order valence-corrected chi connectivity index (χ4v) is 1.20. The number of benzene rings is 1. The minimum atomic E-state index is 1.09. The zero-order valence-electron chi connectivity index (χ0n) is 6.63. The van der Waals surface area contributed by atoms with Gasteiger partial charge in [0.05, 0.1) is 11.7 Å². The highest BCUT2D eigenvalue weighted by molar-refractivity contribution is 5.78. The summed E-state index contributed by atoms with van der Waals surface area (Å²) in [6.07, 6.45) is 1.84. The molecule has 2 heteroatoms. The second-order valence-corrected chi connectivity index (χ2v) is 2.71. The van der Waals surface area contributed by atoms with Gasteiger partial charge in [-0.2, -0.15) is 5.10 Å². The molecule has 0 unspecified atom stereocenters. The van der Waals surface area contributed by atoms with Gasteiger partial charge in [0.1, 0.15) is 0 Å². The first-order valence-corrected chi connectivity index (χ1v) is 3.58. The second kappa shape index (κ2) is 2.09. The second-order valence-electron chi connectivity index (χ2n) is 2.71. The number of nitrogens with zero attached hydrogens (tertiary/aromatic N) is 2. The Morgan fingerprint density at radius 2 is 2.27 bits per heavy atom. The van der Waals surface area contributed by atoms with Crippen LogP contribution in [0.1, 0.15) is 5.56 Å².